The van der Waals surface area contributed by atoms with Crippen LogP contribution in [0.4, 0.5) is 21.2 Å². The molecule has 242 valence electrons. The molecule has 46 heavy (non-hydrogen) atoms. The molecular weight excluding hydrogens is 594 g/mol. The maximum atomic E-state index is 12.5. The summed E-state index contributed by atoms with van der Waals surface area (Å²) in [6, 6.07) is 13.1. The topological polar surface area (TPSA) is 157 Å². The van der Waals surface area contributed by atoms with Crippen LogP contribution >= 0.6 is 0 Å². The molecule has 0 saturated carbocycles. The summed E-state index contributed by atoms with van der Waals surface area (Å²) in [4.78, 5) is 44.1. The highest BCUT2D eigenvalue weighted by Crippen LogP contribution is 2.30. The van der Waals surface area contributed by atoms with Crippen molar-refractivity contribution in [3.05, 3.63) is 54.2 Å². The Balaban J connectivity index is 0.968. The fourth-order valence-corrected chi connectivity index (χ4v) is 5.24. The van der Waals surface area contributed by atoms with Gasteiger partial charge in [0.1, 0.15) is 29.9 Å². The number of fused-ring (bicyclic) bond motifs is 1. The van der Waals surface area contributed by atoms with Gasteiger partial charge in [-0.3, -0.25) is 9.69 Å². The Morgan fingerprint density at radius 1 is 1.17 bits per heavy atom. The number of cyclic esters (lactones) is 1. The molecule has 0 bridgehead atoms. The Hall–Kier alpha value is -4.98. The van der Waals surface area contributed by atoms with Crippen LogP contribution in [0.3, 0.4) is 0 Å². The molecule has 14 nitrogen and oxygen atoms in total. The van der Waals surface area contributed by atoms with Crippen LogP contribution in [-0.4, -0.2) is 88.8 Å². The number of ether oxygens (including phenoxy) is 4. The number of nitrogens with one attached hydrogen (secondary N) is 2. The van der Waals surface area contributed by atoms with Crippen molar-refractivity contribution in [2.45, 2.75) is 57.9 Å². The summed E-state index contributed by atoms with van der Waals surface area (Å²) in [5, 5.41) is 14.5. The Kier molecular flexibility index (Phi) is 8.88. The number of anilines is 2. The molecule has 2 fully saturated rings. The van der Waals surface area contributed by atoms with Gasteiger partial charge in [0.25, 0.3) is 5.91 Å². The molecule has 1 aromatic carbocycles. The number of amides is 3. The van der Waals surface area contributed by atoms with Gasteiger partial charge in [0.15, 0.2) is 18.2 Å². The number of likely N-dealkylation sites (tertiary alicyclic amines) is 1. The molecule has 5 heterocycles. The third-order valence-corrected chi connectivity index (χ3v) is 7.65. The minimum absolute atomic E-state index is 0.0451. The smallest absolute Gasteiger partial charge is 0.415 e. The average Bonchev–Trinajstić information content (AvgIpc) is 3.38. The van der Waals surface area contributed by atoms with Crippen molar-refractivity contribution in [3.8, 4) is 22.8 Å². The SMILES string of the molecule is CC(C)(C)OC(=O)N1CC[C@H]1COc1cnnc(-c2cccc(CNCC[C@H]3CN(c4ccc5c(n4)NC(=O)CO5)C(=O)O3)c2)c1. The highest BCUT2D eigenvalue weighted by molar-refractivity contribution is 5.95. The van der Waals surface area contributed by atoms with Crippen LogP contribution in [-0.2, 0) is 20.8 Å². The Labute approximate surface area is 266 Å². The number of hydrogen-bond acceptors (Lipinski definition) is 11. The van der Waals surface area contributed by atoms with Crippen LogP contribution in [0.15, 0.2) is 48.7 Å². The predicted octanol–water partition coefficient (Wildman–Crippen LogP) is 3.76. The van der Waals surface area contributed by atoms with E-state index in [2.05, 4.69) is 25.8 Å². The molecule has 2 aromatic heterocycles. The second kappa shape index (κ2) is 13.2. The molecule has 6 rings (SSSR count). The lowest BCUT2D eigenvalue weighted by molar-refractivity contribution is -0.118. The molecule has 0 unspecified atom stereocenters. The van der Waals surface area contributed by atoms with E-state index in [4.69, 9.17) is 18.9 Å². The van der Waals surface area contributed by atoms with E-state index < -0.39 is 11.7 Å². The summed E-state index contributed by atoms with van der Waals surface area (Å²) in [5.41, 5.74) is 2.09. The number of rotatable bonds is 10. The third kappa shape index (κ3) is 7.45. The van der Waals surface area contributed by atoms with Crippen LogP contribution in [0.1, 0.15) is 39.2 Å². The minimum Gasteiger partial charge on any atom is -0.490 e. The van der Waals surface area contributed by atoms with Gasteiger partial charge in [-0.25, -0.2) is 14.6 Å². The predicted molar refractivity (Wildman–Crippen MR) is 167 cm³/mol. The van der Waals surface area contributed by atoms with Gasteiger partial charge in [0, 0.05) is 24.7 Å². The molecule has 0 aliphatic carbocycles. The summed E-state index contributed by atoms with van der Waals surface area (Å²) in [6.07, 6.45) is 1.93. The molecule has 0 spiro atoms. The lowest BCUT2D eigenvalue weighted by Gasteiger charge is -2.40. The average molecular weight is 632 g/mol. The maximum absolute atomic E-state index is 12.5. The third-order valence-electron chi connectivity index (χ3n) is 7.65. The van der Waals surface area contributed by atoms with E-state index in [-0.39, 0.29) is 30.8 Å². The van der Waals surface area contributed by atoms with Crippen molar-refractivity contribution in [3.63, 3.8) is 0 Å². The molecule has 3 aliphatic rings. The van der Waals surface area contributed by atoms with E-state index >= 15 is 0 Å². The zero-order valence-electron chi connectivity index (χ0n) is 26.0. The number of nitrogens with zero attached hydrogens (tertiary/aromatic N) is 5. The molecule has 14 heteroatoms. The van der Waals surface area contributed by atoms with Gasteiger partial charge in [-0.05, 0) is 63.9 Å². The zero-order chi connectivity index (χ0) is 32.3. The molecule has 3 aromatic rings. The summed E-state index contributed by atoms with van der Waals surface area (Å²) in [7, 11) is 0. The van der Waals surface area contributed by atoms with E-state index in [1.165, 1.54) is 4.90 Å². The van der Waals surface area contributed by atoms with Crippen molar-refractivity contribution in [1.82, 2.24) is 25.4 Å². The zero-order valence-corrected chi connectivity index (χ0v) is 26.0. The number of benzene rings is 1. The lowest BCUT2D eigenvalue weighted by Crippen LogP contribution is -2.55. The number of hydrogen-bond donors (Lipinski definition) is 2. The maximum Gasteiger partial charge on any atom is 0.415 e. The van der Waals surface area contributed by atoms with E-state index in [1.54, 1.807) is 23.2 Å². The molecule has 3 amide bonds. The standard InChI is InChI=1S/C32H37N7O7/c1-32(2,3)46-31(42)38-12-10-22(38)18-43-24-14-25(37-34-16-24)21-6-4-5-20(13-21)15-33-11-9-23-17-39(30(41)45-23)27-8-7-26-29(35-27)36-28(40)19-44-26/h4-8,13-14,16,22-23,33H,9-12,15,17-19H2,1-3H3,(H,35,36,40)/t22-,23-/m0/s1. The normalized spacial score (nSPS) is 19.0. The first-order valence-corrected chi connectivity index (χ1v) is 15.3. The molecule has 0 radical (unpaired) electrons. The van der Waals surface area contributed by atoms with Crippen LogP contribution in [0, 0.1) is 0 Å². The van der Waals surface area contributed by atoms with Crippen molar-refractivity contribution in [2.24, 2.45) is 0 Å². The quantitative estimate of drug-likeness (QED) is 0.314. The van der Waals surface area contributed by atoms with E-state index in [1.807, 2.05) is 51.1 Å². The summed E-state index contributed by atoms with van der Waals surface area (Å²) in [5.74, 6) is 1.43. The van der Waals surface area contributed by atoms with E-state index in [0.717, 1.165) is 17.5 Å². The number of aromatic nitrogens is 3. The van der Waals surface area contributed by atoms with Crippen LogP contribution < -0.4 is 25.0 Å². The largest absolute Gasteiger partial charge is 0.490 e. The van der Waals surface area contributed by atoms with Gasteiger partial charge in [0.05, 0.1) is 24.5 Å². The second-order valence-corrected chi connectivity index (χ2v) is 12.3. The molecular formula is C32H37N7O7. The summed E-state index contributed by atoms with van der Waals surface area (Å²) < 4.78 is 22.4. The number of pyridine rings is 1. The first-order valence-electron chi connectivity index (χ1n) is 15.3. The van der Waals surface area contributed by atoms with Gasteiger partial charge >= 0.3 is 12.2 Å². The van der Waals surface area contributed by atoms with Gasteiger partial charge in [-0.15, -0.1) is 0 Å². The first-order chi connectivity index (χ1) is 22.1. The van der Waals surface area contributed by atoms with Gasteiger partial charge < -0.3 is 34.5 Å². The molecule has 2 saturated heterocycles. The Bertz CT molecular complexity index is 1610. The van der Waals surface area contributed by atoms with Crippen molar-refractivity contribution < 1.29 is 33.3 Å². The summed E-state index contributed by atoms with van der Waals surface area (Å²) >= 11 is 0. The van der Waals surface area contributed by atoms with Gasteiger partial charge in [0.2, 0.25) is 0 Å². The number of carbonyl (C=O) groups is 3. The Morgan fingerprint density at radius 2 is 2.04 bits per heavy atom. The lowest BCUT2D eigenvalue weighted by atomic mass is 10.1. The highest BCUT2D eigenvalue weighted by Gasteiger charge is 2.36. The monoisotopic (exact) mass is 631 g/mol. The fourth-order valence-electron chi connectivity index (χ4n) is 5.24. The van der Waals surface area contributed by atoms with Gasteiger partial charge in [-0.1, -0.05) is 18.2 Å². The van der Waals surface area contributed by atoms with E-state index in [9.17, 15) is 14.4 Å². The summed E-state index contributed by atoms with van der Waals surface area (Å²) in [6.45, 7) is 8.08. The van der Waals surface area contributed by atoms with Gasteiger partial charge in [-0.2, -0.15) is 10.2 Å². The molecule has 2 N–H and O–H groups in total. The van der Waals surface area contributed by atoms with Crippen LogP contribution in [0.5, 0.6) is 11.5 Å². The number of carbonyl (C=O) groups excluding carboxylic acids is 3. The van der Waals surface area contributed by atoms with Crippen molar-refractivity contribution in [2.75, 3.05) is 43.1 Å². The highest BCUT2D eigenvalue weighted by atomic mass is 16.6. The first kappa shape index (κ1) is 31.0. The van der Waals surface area contributed by atoms with Crippen molar-refractivity contribution >= 4 is 29.7 Å². The molecule has 2 atom stereocenters. The van der Waals surface area contributed by atoms with E-state index in [0.29, 0.717) is 68.0 Å². The molecule has 3 aliphatic heterocycles. The van der Waals surface area contributed by atoms with Crippen molar-refractivity contribution in [1.29, 1.82) is 0 Å². The van der Waals surface area contributed by atoms with Crippen LogP contribution in [0.2, 0.25) is 0 Å². The Morgan fingerprint density at radius 3 is 2.85 bits per heavy atom. The fraction of sp³-hybridized carbons (Fsp3) is 0.438. The second-order valence-electron chi connectivity index (χ2n) is 12.3. The minimum atomic E-state index is -0.543. The van der Waals surface area contributed by atoms with Crippen LogP contribution in [0.25, 0.3) is 11.3 Å².